The molecule has 1 aliphatic heterocycles. The van der Waals surface area contributed by atoms with Crippen LogP contribution in [0.25, 0.3) is 0 Å². The van der Waals surface area contributed by atoms with Crippen LogP contribution < -0.4 is 9.47 Å². The minimum atomic E-state index is -0.666. The second kappa shape index (κ2) is 4.92. The van der Waals surface area contributed by atoms with Crippen LogP contribution in [0, 0.1) is 6.92 Å². The number of hydrogen-bond acceptors (Lipinski definition) is 3. The molecule has 0 spiro atoms. The molecule has 0 bridgehead atoms. The Labute approximate surface area is 101 Å². The van der Waals surface area contributed by atoms with Crippen molar-refractivity contribution >= 4 is 0 Å². The zero-order valence-electron chi connectivity index (χ0n) is 10.5. The van der Waals surface area contributed by atoms with Crippen molar-refractivity contribution in [1.82, 2.24) is 4.90 Å². The first kappa shape index (κ1) is 12.2. The minimum absolute atomic E-state index is 0.522. The Hall–Kier alpha value is -1.29. The van der Waals surface area contributed by atoms with Gasteiger partial charge in [-0.1, -0.05) is 6.07 Å². The molecular weight excluding hydrogens is 221 g/mol. The Morgan fingerprint density at radius 2 is 2.00 bits per heavy atom. The molecule has 1 aliphatic rings. The molecule has 0 aliphatic carbocycles. The maximum Gasteiger partial charge on any atom is 0.129 e. The van der Waals surface area contributed by atoms with E-state index in [0.717, 1.165) is 29.2 Å². The van der Waals surface area contributed by atoms with Crippen LogP contribution >= 0.6 is 0 Å². The molecule has 0 amide bonds. The summed E-state index contributed by atoms with van der Waals surface area (Å²) in [6, 6.07) is 3.91. The number of rotatable bonds is 4. The maximum atomic E-state index is 12.8. The molecule has 0 saturated carbocycles. The number of benzene rings is 1. The number of methoxy groups -OCH3 is 2. The summed E-state index contributed by atoms with van der Waals surface area (Å²) in [5.74, 6) is 1.66. The van der Waals surface area contributed by atoms with E-state index in [1.54, 1.807) is 14.2 Å². The highest BCUT2D eigenvalue weighted by Crippen LogP contribution is 2.32. The smallest absolute Gasteiger partial charge is 0.129 e. The minimum Gasteiger partial charge on any atom is -0.496 e. The lowest BCUT2D eigenvalue weighted by Crippen LogP contribution is -2.47. The summed E-state index contributed by atoms with van der Waals surface area (Å²) in [4.78, 5) is 2.06. The summed E-state index contributed by atoms with van der Waals surface area (Å²) in [6.45, 7) is 3.74. The van der Waals surface area contributed by atoms with Crippen molar-refractivity contribution in [2.75, 3.05) is 27.3 Å². The molecule has 0 unspecified atom stereocenters. The molecule has 94 valence electrons. The van der Waals surface area contributed by atoms with Crippen LogP contribution in [0.2, 0.25) is 0 Å². The number of hydrogen-bond donors (Lipinski definition) is 0. The summed E-state index contributed by atoms with van der Waals surface area (Å²) >= 11 is 0. The van der Waals surface area contributed by atoms with E-state index in [0.29, 0.717) is 13.1 Å². The van der Waals surface area contributed by atoms with Crippen molar-refractivity contribution in [2.24, 2.45) is 0 Å². The number of alkyl halides is 1. The van der Waals surface area contributed by atoms with Crippen molar-refractivity contribution in [3.8, 4) is 11.5 Å². The molecule has 17 heavy (non-hydrogen) atoms. The van der Waals surface area contributed by atoms with Crippen LogP contribution in [0.1, 0.15) is 11.1 Å². The molecule has 1 aromatic carbocycles. The van der Waals surface area contributed by atoms with Gasteiger partial charge in [-0.05, 0) is 13.0 Å². The normalized spacial score (nSPS) is 16.7. The first-order chi connectivity index (χ1) is 8.15. The number of ether oxygens (including phenoxy) is 2. The lowest BCUT2D eigenvalue weighted by Gasteiger charge is -2.34. The van der Waals surface area contributed by atoms with Gasteiger partial charge in [-0.2, -0.15) is 0 Å². The van der Waals surface area contributed by atoms with Crippen LogP contribution in [0.5, 0.6) is 11.5 Å². The van der Waals surface area contributed by atoms with Crippen molar-refractivity contribution in [3.63, 3.8) is 0 Å². The van der Waals surface area contributed by atoms with E-state index in [1.807, 2.05) is 19.1 Å². The van der Waals surface area contributed by atoms with E-state index in [9.17, 15) is 4.39 Å². The van der Waals surface area contributed by atoms with Crippen LogP contribution in [-0.2, 0) is 6.54 Å². The van der Waals surface area contributed by atoms with Crippen LogP contribution in [-0.4, -0.2) is 38.4 Å². The van der Waals surface area contributed by atoms with E-state index in [4.69, 9.17) is 9.47 Å². The zero-order chi connectivity index (χ0) is 12.4. The Bertz CT molecular complexity index is 403. The highest BCUT2D eigenvalue weighted by atomic mass is 19.1. The molecule has 1 saturated heterocycles. The molecule has 1 heterocycles. The predicted molar refractivity (Wildman–Crippen MR) is 64.5 cm³/mol. The van der Waals surface area contributed by atoms with Gasteiger partial charge in [0, 0.05) is 30.8 Å². The van der Waals surface area contributed by atoms with Gasteiger partial charge in [0.15, 0.2) is 0 Å². The second-order valence-electron chi connectivity index (χ2n) is 4.38. The molecule has 0 atom stereocenters. The van der Waals surface area contributed by atoms with Crippen LogP contribution in [0.3, 0.4) is 0 Å². The van der Waals surface area contributed by atoms with Crippen molar-refractivity contribution < 1.29 is 13.9 Å². The molecule has 0 aromatic heterocycles. The van der Waals surface area contributed by atoms with Crippen molar-refractivity contribution in [3.05, 3.63) is 23.3 Å². The highest BCUT2D eigenvalue weighted by molar-refractivity contribution is 5.49. The van der Waals surface area contributed by atoms with Gasteiger partial charge in [0.2, 0.25) is 0 Å². The summed E-state index contributed by atoms with van der Waals surface area (Å²) in [5, 5.41) is 0. The van der Waals surface area contributed by atoms with E-state index in [1.165, 1.54) is 0 Å². The lowest BCUT2D eigenvalue weighted by molar-refractivity contribution is 0.0584. The standard InChI is InChI=1S/C13H18FNO2/c1-9-12(16-2)5-4-10(13(9)17-3)6-15-7-11(14)8-15/h4-5,11H,6-8H2,1-3H3. The van der Waals surface area contributed by atoms with Gasteiger partial charge >= 0.3 is 0 Å². The largest absolute Gasteiger partial charge is 0.496 e. The molecular formula is C13H18FNO2. The Balaban J connectivity index is 2.18. The van der Waals surface area contributed by atoms with E-state index in [2.05, 4.69) is 4.90 Å². The maximum absolute atomic E-state index is 12.8. The average Bonchev–Trinajstić information content (AvgIpc) is 2.27. The summed E-state index contributed by atoms with van der Waals surface area (Å²) in [5.41, 5.74) is 2.07. The first-order valence-corrected chi connectivity index (χ1v) is 5.72. The van der Waals surface area contributed by atoms with Gasteiger partial charge in [-0.15, -0.1) is 0 Å². The highest BCUT2D eigenvalue weighted by Gasteiger charge is 2.27. The average molecular weight is 239 g/mol. The fourth-order valence-electron chi connectivity index (χ4n) is 2.24. The monoisotopic (exact) mass is 239 g/mol. The van der Waals surface area contributed by atoms with Gasteiger partial charge < -0.3 is 9.47 Å². The fourth-order valence-corrected chi connectivity index (χ4v) is 2.24. The molecule has 3 nitrogen and oxygen atoms in total. The SMILES string of the molecule is COc1ccc(CN2CC(F)C2)c(OC)c1C. The van der Waals surface area contributed by atoms with E-state index < -0.39 is 6.17 Å². The molecule has 4 heteroatoms. The molecule has 1 fully saturated rings. The van der Waals surface area contributed by atoms with Gasteiger partial charge in [-0.25, -0.2) is 4.39 Å². The summed E-state index contributed by atoms with van der Waals surface area (Å²) in [7, 11) is 3.30. The van der Waals surface area contributed by atoms with Crippen LogP contribution in [0.15, 0.2) is 12.1 Å². The van der Waals surface area contributed by atoms with Crippen molar-refractivity contribution in [1.29, 1.82) is 0 Å². The van der Waals surface area contributed by atoms with Crippen LogP contribution in [0.4, 0.5) is 4.39 Å². The third-order valence-corrected chi connectivity index (χ3v) is 3.17. The Kier molecular flexibility index (Phi) is 3.52. The predicted octanol–water partition coefficient (Wildman–Crippen LogP) is 2.17. The number of nitrogens with zero attached hydrogens (tertiary/aromatic N) is 1. The second-order valence-corrected chi connectivity index (χ2v) is 4.38. The van der Waals surface area contributed by atoms with Crippen molar-refractivity contribution in [2.45, 2.75) is 19.6 Å². The molecule has 1 aromatic rings. The zero-order valence-corrected chi connectivity index (χ0v) is 10.5. The lowest BCUT2D eigenvalue weighted by atomic mass is 10.1. The first-order valence-electron chi connectivity index (χ1n) is 5.72. The van der Waals surface area contributed by atoms with E-state index >= 15 is 0 Å². The molecule has 2 rings (SSSR count). The fraction of sp³-hybridized carbons (Fsp3) is 0.538. The Morgan fingerprint density at radius 1 is 1.29 bits per heavy atom. The van der Waals surface area contributed by atoms with Gasteiger partial charge in [-0.3, -0.25) is 4.90 Å². The summed E-state index contributed by atoms with van der Waals surface area (Å²) in [6.07, 6.45) is -0.666. The van der Waals surface area contributed by atoms with Gasteiger partial charge in [0.1, 0.15) is 17.7 Å². The third-order valence-electron chi connectivity index (χ3n) is 3.17. The summed E-state index contributed by atoms with van der Waals surface area (Å²) < 4.78 is 23.4. The van der Waals surface area contributed by atoms with E-state index in [-0.39, 0.29) is 0 Å². The molecule has 0 N–H and O–H groups in total. The van der Waals surface area contributed by atoms with Gasteiger partial charge in [0.25, 0.3) is 0 Å². The van der Waals surface area contributed by atoms with Gasteiger partial charge in [0.05, 0.1) is 14.2 Å². The quantitative estimate of drug-likeness (QED) is 0.803. The number of likely N-dealkylation sites (tertiary alicyclic amines) is 1. The molecule has 0 radical (unpaired) electrons. The topological polar surface area (TPSA) is 21.7 Å². The Morgan fingerprint density at radius 3 is 2.53 bits per heavy atom. The third kappa shape index (κ3) is 2.36. The number of halogens is 1.